The van der Waals surface area contributed by atoms with Crippen molar-refractivity contribution in [1.29, 1.82) is 0 Å². The van der Waals surface area contributed by atoms with Crippen LogP contribution in [0.5, 0.6) is 11.5 Å². The fourth-order valence-corrected chi connectivity index (χ4v) is 2.47. The SMILES string of the molecule is COc1ccc(COCc2cccc(Br)c2C)cc1OC. The van der Waals surface area contributed by atoms with Crippen LogP contribution in [0.25, 0.3) is 0 Å². The van der Waals surface area contributed by atoms with Crippen molar-refractivity contribution in [1.82, 2.24) is 0 Å². The van der Waals surface area contributed by atoms with Gasteiger partial charge in [0.05, 0.1) is 27.4 Å². The van der Waals surface area contributed by atoms with Gasteiger partial charge in [-0.2, -0.15) is 0 Å². The molecule has 0 aliphatic heterocycles. The predicted octanol–water partition coefficient (Wildman–Crippen LogP) is 4.49. The highest BCUT2D eigenvalue weighted by atomic mass is 79.9. The van der Waals surface area contributed by atoms with Gasteiger partial charge < -0.3 is 14.2 Å². The highest BCUT2D eigenvalue weighted by Gasteiger charge is 2.06. The average Bonchev–Trinajstić information content (AvgIpc) is 2.51. The lowest BCUT2D eigenvalue weighted by Crippen LogP contribution is -1.98. The third kappa shape index (κ3) is 3.99. The van der Waals surface area contributed by atoms with E-state index in [1.807, 2.05) is 30.3 Å². The van der Waals surface area contributed by atoms with E-state index in [1.54, 1.807) is 14.2 Å². The number of hydrogen-bond acceptors (Lipinski definition) is 3. The van der Waals surface area contributed by atoms with Crippen molar-refractivity contribution in [3.63, 3.8) is 0 Å². The number of rotatable bonds is 6. The number of hydrogen-bond donors (Lipinski definition) is 0. The Hall–Kier alpha value is -1.52. The summed E-state index contributed by atoms with van der Waals surface area (Å²) in [5.74, 6) is 1.45. The zero-order chi connectivity index (χ0) is 15.2. The molecule has 0 N–H and O–H groups in total. The Kier molecular flexibility index (Phi) is 5.65. The van der Waals surface area contributed by atoms with Crippen LogP contribution in [0.15, 0.2) is 40.9 Å². The Morgan fingerprint density at radius 3 is 2.43 bits per heavy atom. The number of halogens is 1. The molecule has 2 aromatic carbocycles. The Morgan fingerprint density at radius 2 is 1.71 bits per heavy atom. The Morgan fingerprint density at radius 1 is 0.952 bits per heavy atom. The van der Waals surface area contributed by atoms with Gasteiger partial charge in [0, 0.05) is 4.47 Å². The van der Waals surface area contributed by atoms with Crippen molar-refractivity contribution in [2.75, 3.05) is 14.2 Å². The molecule has 0 aliphatic rings. The normalized spacial score (nSPS) is 10.5. The van der Waals surface area contributed by atoms with Crippen LogP contribution >= 0.6 is 15.9 Å². The molecule has 3 nitrogen and oxygen atoms in total. The quantitative estimate of drug-likeness (QED) is 0.767. The summed E-state index contributed by atoms with van der Waals surface area (Å²) in [5.41, 5.74) is 3.45. The Bertz CT molecular complexity index is 611. The van der Waals surface area contributed by atoms with Crippen molar-refractivity contribution in [2.45, 2.75) is 20.1 Å². The molecule has 0 saturated heterocycles. The lowest BCUT2D eigenvalue weighted by Gasteiger charge is -2.11. The van der Waals surface area contributed by atoms with Crippen LogP contribution in [0.3, 0.4) is 0 Å². The van der Waals surface area contributed by atoms with E-state index in [0.717, 1.165) is 21.5 Å². The van der Waals surface area contributed by atoms with E-state index in [0.29, 0.717) is 13.2 Å². The predicted molar refractivity (Wildman–Crippen MR) is 86.9 cm³/mol. The van der Waals surface area contributed by atoms with Crippen LogP contribution in [-0.2, 0) is 18.0 Å². The molecule has 2 aromatic rings. The molecule has 112 valence electrons. The molecular weight excluding hydrogens is 332 g/mol. The van der Waals surface area contributed by atoms with E-state index in [9.17, 15) is 0 Å². The highest BCUT2D eigenvalue weighted by Crippen LogP contribution is 2.28. The van der Waals surface area contributed by atoms with Crippen molar-refractivity contribution >= 4 is 15.9 Å². The van der Waals surface area contributed by atoms with E-state index in [1.165, 1.54) is 11.1 Å². The summed E-state index contributed by atoms with van der Waals surface area (Å²) in [4.78, 5) is 0. The summed E-state index contributed by atoms with van der Waals surface area (Å²) in [7, 11) is 3.26. The topological polar surface area (TPSA) is 27.7 Å². The summed E-state index contributed by atoms with van der Waals surface area (Å²) in [6.07, 6.45) is 0. The van der Waals surface area contributed by atoms with Crippen LogP contribution in [0, 0.1) is 6.92 Å². The van der Waals surface area contributed by atoms with Crippen molar-refractivity contribution in [3.05, 3.63) is 57.6 Å². The van der Waals surface area contributed by atoms with Crippen LogP contribution in [-0.4, -0.2) is 14.2 Å². The molecule has 0 spiro atoms. The van der Waals surface area contributed by atoms with Gasteiger partial charge in [-0.25, -0.2) is 0 Å². The molecule has 0 atom stereocenters. The van der Waals surface area contributed by atoms with E-state index in [-0.39, 0.29) is 0 Å². The summed E-state index contributed by atoms with van der Waals surface area (Å²) >= 11 is 3.53. The zero-order valence-electron chi connectivity index (χ0n) is 12.5. The molecule has 21 heavy (non-hydrogen) atoms. The minimum absolute atomic E-state index is 0.534. The van der Waals surface area contributed by atoms with Gasteiger partial charge in [-0.1, -0.05) is 34.1 Å². The van der Waals surface area contributed by atoms with Gasteiger partial charge in [-0.05, 0) is 41.8 Å². The monoisotopic (exact) mass is 350 g/mol. The fourth-order valence-electron chi connectivity index (χ4n) is 2.06. The second-order valence-electron chi connectivity index (χ2n) is 4.71. The van der Waals surface area contributed by atoms with Crippen LogP contribution in [0.4, 0.5) is 0 Å². The zero-order valence-corrected chi connectivity index (χ0v) is 14.1. The molecule has 0 fully saturated rings. The molecule has 0 saturated carbocycles. The number of ether oxygens (including phenoxy) is 3. The molecule has 2 rings (SSSR count). The van der Waals surface area contributed by atoms with Gasteiger partial charge in [0.25, 0.3) is 0 Å². The second kappa shape index (κ2) is 7.48. The first-order valence-electron chi connectivity index (χ1n) is 6.68. The van der Waals surface area contributed by atoms with Gasteiger partial charge in [-0.15, -0.1) is 0 Å². The van der Waals surface area contributed by atoms with E-state index >= 15 is 0 Å². The molecule has 0 unspecified atom stereocenters. The number of methoxy groups -OCH3 is 2. The maximum atomic E-state index is 5.80. The largest absolute Gasteiger partial charge is 0.493 e. The first kappa shape index (κ1) is 15.9. The van der Waals surface area contributed by atoms with Crippen LogP contribution in [0.2, 0.25) is 0 Å². The van der Waals surface area contributed by atoms with Gasteiger partial charge >= 0.3 is 0 Å². The summed E-state index contributed by atoms with van der Waals surface area (Å²) < 4.78 is 17.4. The lowest BCUT2D eigenvalue weighted by atomic mass is 10.1. The number of benzene rings is 2. The highest BCUT2D eigenvalue weighted by molar-refractivity contribution is 9.10. The van der Waals surface area contributed by atoms with Gasteiger partial charge in [0.2, 0.25) is 0 Å². The average molecular weight is 351 g/mol. The molecule has 4 heteroatoms. The van der Waals surface area contributed by atoms with E-state index in [2.05, 4.69) is 28.9 Å². The minimum Gasteiger partial charge on any atom is -0.493 e. The molecule has 0 bridgehead atoms. The molecule has 0 aromatic heterocycles. The smallest absolute Gasteiger partial charge is 0.161 e. The molecule has 0 radical (unpaired) electrons. The van der Waals surface area contributed by atoms with E-state index < -0.39 is 0 Å². The lowest BCUT2D eigenvalue weighted by molar-refractivity contribution is 0.106. The van der Waals surface area contributed by atoms with Gasteiger partial charge in [-0.3, -0.25) is 0 Å². The Labute approximate surface area is 134 Å². The third-order valence-electron chi connectivity index (χ3n) is 3.35. The molecular formula is C17H19BrO3. The maximum Gasteiger partial charge on any atom is 0.161 e. The van der Waals surface area contributed by atoms with Crippen molar-refractivity contribution in [3.8, 4) is 11.5 Å². The summed E-state index contributed by atoms with van der Waals surface area (Å²) in [6.45, 7) is 3.20. The Balaban J connectivity index is 1.99. The minimum atomic E-state index is 0.534. The molecule has 0 aliphatic carbocycles. The first-order chi connectivity index (χ1) is 10.2. The van der Waals surface area contributed by atoms with Crippen LogP contribution < -0.4 is 9.47 Å². The molecule has 0 heterocycles. The van der Waals surface area contributed by atoms with E-state index in [4.69, 9.17) is 14.2 Å². The molecule has 0 amide bonds. The second-order valence-corrected chi connectivity index (χ2v) is 5.56. The van der Waals surface area contributed by atoms with Gasteiger partial charge in [0.1, 0.15) is 0 Å². The fraction of sp³-hybridized carbons (Fsp3) is 0.294. The maximum absolute atomic E-state index is 5.80. The summed E-state index contributed by atoms with van der Waals surface area (Å²) in [6, 6.07) is 11.9. The first-order valence-corrected chi connectivity index (χ1v) is 7.47. The summed E-state index contributed by atoms with van der Waals surface area (Å²) in [5, 5.41) is 0. The van der Waals surface area contributed by atoms with Crippen molar-refractivity contribution < 1.29 is 14.2 Å². The standard InChI is InChI=1S/C17H19BrO3/c1-12-14(5-4-6-15(12)18)11-21-10-13-7-8-16(19-2)17(9-13)20-3/h4-9H,10-11H2,1-3H3. The van der Waals surface area contributed by atoms with Crippen LogP contribution in [0.1, 0.15) is 16.7 Å². The van der Waals surface area contributed by atoms with Crippen molar-refractivity contribution in [2.24, 2.45) is 0 Å². The third-order valence-corrected chi connectivity index (χ3v) is 4.21. The van der Waals surface area contributed by atoms with Gasteiger partial charge in [0.15, 0.2) is 11.5 Å².